The van der Waals surface area contributed by atoms with Gasteiger partial charge in [0.1, 0.15) is 0 Å². The Bertz CT molecular complexity index is 620. The van der Waals surface area contributed by atoms with Crippen LogP contribution in [0.15, 0.2) is 28.7 Å². The van der Waals surface area contributed by atoms with Gasteiger partial charge in [-0.05, 0) is 18.2 Å². The fourth-order valence-electron chi connectivity index (χ4n) is 2.59. The Kier molecular flexibility index (Phi) is 4.64. The maximum Gasteiger partial charge on any atom is 0.230 e. The van der Waals surface area contributed by atoms with Crippen molar-refractivity contribution >= 4 is 17.3 Å². The van der Waals surface area contributed by atoms with Crippen LogP contribution >= 0.6 is 11.6 Å². The molecule has 0 unspecified atom stereocenters. The van der Waals surface area contributed by atoms with Gasteiger partial charge in [-0.2, -0.15) is 0 Å². The topological polar surface area (TPSA) is 45.4 Å². The summed E-state index contributed by atoms with van der Waals surface area (Å²) in [4.78, 5) is 4.70. The van der Waals surface area contributed by atoms with Crippen molar-refractivity contribution in [1.29, 1.82) is 0 Å². The molecule has 0 atom stereocenters. The normalized spacial score (nSPS) is 16.5. The highest BCUT2D eigenvalue weighted by molar-refractivity contribution is 6.30. The first-order chi connectivity index (χ1) is 10.6. The summed E-state index contributed by atoms with van der Waals surface area (Å²) in [5.41, 5.74) is 1.19. The second-order valence-corrected chi connectivity index (χ2v) is 6.37. The zero-order valence-corrected chi connectivity index (χ0v) is 13.8. The van der Waals surface area contributed by atoms with Crippen molar-refractivity contribution in [1.82, 2.24) is 15.1 Å². The average Bonchev–Trinajstić information content (AvgIpc) is 2.97. The summed E-state index contributed by atoms with van der Waals surface area (Å²) in [5, 5.41) is 9.00. The lowest BCUT2D eigenvalue weighted by Gasteiger charge is -2.35. The predicted octanol–water partition coefficient (Wildman–Crippen LogP) is 3.17. The summed E-state index contributed by atoms with van der Waals surface area (Å²) in [6.45, 7) is 8.75. The standard InChI is InChI=1S/C16H21ClN4O/c1-12(2)16-19-18-15(22-16)11-20-6-8-21(9-7-20)14-5-3-4-13(17)10-14/h3-5,10,12H,6-9,11H2,1-2H3. The van der Waals surface area contributed by atoms with E-state index in [0.29, 0.717) is 11.8 Å². The van der Waals surface area contributed by atoms with Gasteiger partial charge in [0.05, 0.1) is 6.54 Å². The smallest absolute Gasteiger partial charge is 0.230 e. The molecule has 1 aliphatic heterocycles. The van der Waals surface area contributed by atoms with Crippen molar-refractivity contribution in [2.24, 2.45) is 0 Å². The Balaban J connectivity index is 1.55. The first-order valence-electron chi connectivity index (χ1n) is 7.67. The number of benzene rings is 1. The van der Waals surface area contributed by atoms with Crippen LogP contribution in [0.5, 0.6) is 0 Å². The molecule has 1 aliphatic rings. The molecule has 0 bridgehead atoms. The molecule has 2 heterocycles. The Hall–Kier alpha value is -1.59. The maximum atomic E-state index is 6.06. The van der Waals surface area contributed by atoms with Gasteiger partial charge in [0.15, 0.2) is 0 Å². The van der Waals surface area contributed by atoms with Crippen LogP contribution in [0.1, 0.15) is 31.5 Å². The Morgan fingerprint density at radius 3 is 2.59 bits per heavy atom. The Morgan fingerprint density at radius 2 is 1.95 bits per heavy atom. The zero-order chi connectivity index (χ0) is 15.5. The lowest BCUT2D eigenvalue weighted by molar-refractivity contribution is 0.223. The molecule has 1 aromatic heterocycles. The molecule has 1 fully saturated rings. The Labute approximate surface area is 135 Å². The summed E-state index contributed by atoms with van der Waals surface area (Å²) in [6.07, 6.45) is 0. The second kappa shape index (κ2) is 6.67. The molecule has 0 saturated carbocycles. The molecule has 1 aromatic carbocycles. The highest BCUT2D eigenvalue weighted by Crippen LogP contribution is 2.21. The van der Waals surface area contributed by atoms with E-state index in [1.54, 1.807) is 0 Å². The third-order valence-corrected chi connectivity index (χ3v) is 4.12. The molecule has 2 aromatic rings. The molecular weight excluding hydrogens is 300 g/mol. The van der Waals surface area contributed by atoms with Crippen molar-refractivity contribution < 1.29 is 4.42 Å². The van der Waals surface area contributed by atoms with Gasteiger partial charge in [-0.25, -0.2) is 0 Å². The zero-order valence-electron chi connectivity index (χ0n) is 13.0. The van der Waals surface area contributed by atoms with Crippen LogP contribution in [0.25, 0.3) is 0 Å². The number of rotatable bonds is 4. The highest BCUT2D eigenvalue weighted by atomic mass is 35.5. The van der Waals surface area contributed by atoms with Crippen molar-refractivity contribution in [3.05, 3.63) is 41.1 Å². The third kappa shape index (κ3) is 3.59. The largest absolute Gasteiger partial charge is 0.424 e. The summed E-state index contributed by atoms with van der Waals surface area (Å²) >= 11 is 6.06. The van der Waals surface area contributed by atoms with Crippen LogP contribution in [-0.2, 0) is 6.54 Å². The summed E-state index contributed by atoms with van der Waals surface area (Å²) in [7, 11) is 0. The van der Waals surface area contributed by atoms with Crippen molar-refractivity contribution in [3.8, 4) is 0 Å². The van der Waals surface area contributed by atoms with Crippen molar-refractivity contribution in [3.63, 3.8) is 0 Å². The van der Waals surface area contributed by atoms with Crippen LogP contribution in [0.3, 0.4) is 0 Å². The fraction of sp³-hybridized carbons (Fsp3) is 0.500. The van der Waals surface area contributed by atoms with Crippen LogP contribution < -0.4 is 4.90 Å². The lowest BCUT2D eigenvalue weighted by Crippen LogP contribution is -2.46. The number of hydrogen-bond donors (Lipinski definition) is 0. The molecule has 0 amide bonds. The van der Waals surface area contributed by atoms with Gasteiger partial charge in [-0.3, -0.25) is 4.90 Å². The van der Waals surface area contributed by atoms with E-state index in [0.717, 1.165) is 37.7 Å². The first-order valence-corrected chi connectivity index (χ1v) is 8.05. The molecular formula is C16H21ClN4O. The van der Waals surface area contributed by atoms with E-state index in [-0.39, 0.29) is 5.92 Å². The van der Waals surface area contributed by atoms with Gasteiger partial charge in [0, 0.05) is 42.8 Å². The van der Waals surface area contributed by atoms with Gasteiger partial charge in [-0.15, -0.1) is 10.2 Å². The molecule has 3 rings (SSSR count). The van der Waals surface area contributed by atoms with E-state index in [4.69, 9.17) is 16.0 Å². The minimum atomic E-state index is 0.279. The molecule has 0 aliphatic carbocycles. The number of hydrogen-bond acceptors (Lipinski definition) is 5. The minimum absolute atomic E-state index is 0.279. The van der Waals surface area contributed by atoms with E-state index in [1.165, 1.54) is 5.69 Å². The summed E-state index contributed by atoms with van der Waals surface area (Å²) < 4.78 is 5.68. The number of anilines is 1. The van der Waals surface area contributed by atoms with Gasteiger partial charge < -0.3 is 9.32 Å². The molecule has 22 heavy (non-hydrogen) atoms. The number of aromatic nitrogens is 2. The number of nitrogens with zero attached hydrogens (tertiary/aromatic N) is 4. The lowest BCUT2D eigenvalue weighted by atomic mass is 10.2. The summed E-state index contributed by atoms with van der Waals surface area (Å²) in [5.74, 6) is 1.70. The molecule has 0 spiro atoms. The molecule has 1 saturated heterocycles. The first kappa shape index (κ1) is 15.3. The maximum absolute atomic E-state index is 6.06. The van der Waals surface area contributed by atoms with Crippen LogP contribution in [-0.4, -0.2) is 41.3 Å². The highest BCUT2D eigenvalue weighted by Gasteiger charge is 2.20. The van der Waals surface area contributed by atoms with E-state index in [9.17, 15) is 0 Å². The van der Waals surface area contributed by atoms with E-state index >= 15 is 0 Å². The van der Waals surface area contributed by atoms with Gasteiger partial charge in [0.25, 0.3) is 0 Å². The number of piperazine rings is 1. The molecule has 5 nitrogen and oxygen atoms in total. The summed E-state index contributed by atoms with van der Waals surface area (Å²) in [6, 6.07) is 8.03. The van der Waals surface area contributed by atoms with Crippen LogP contribution in [0.2, 0.25) is 5.02 Å². The van der Waals surface area contributed by atoms with Crippen molar-refractivity contribution in [2.75, 3.05) is 31.1 Å². The Morgan fingerprint density at radius 1 is 1.18 bits per heavy atom. The molecule has 118 valence electrons. The van der Waals surface area contributed by atoms with E-state index in [1.807, 2.05) is 18.2 Å². The predicted molar refractivity (Wildman–Crippen MR) is 87.3 cm³/mol. The van der Waals surface area contributed by atoms with Crippen LogP contribution in [0, 0.1) is 0 Å². The number of halogens is 1. The monoisotopic (exact) mass is 320 g/mol. The van der Waals surface area contributed by atoms with E-state index < -0.39 is 0 Å². The quantitative estimate of drug-likeness (QED) is 0.866. The minimum Gasteiger partial charge on any atom is -0.424 e. The van der Waals surface area contributed by atoms with E-state index in [2.05, 4.69) is 39.9 Å². The second-order valence-electron chi connectivity index (χ2n) is 5.93. The molecule has 0 radical (unpaired) electrons. The molecule has 6 heteroatoms. The average molecular weight is 321 g/mol. The van der Waals surface area contributed by atoms with Crippen molar-refractivity contribution in [2.45, 2.75) is 26.3 Å². The fourth-order valence-corrected chi connectivity index (χ4v) is 2.78. The van der Waals surface area contributed by atoms with Gasteiger partial charge in [-0.1, -0.05) is 31.5 Å². The SMILES string of the molecule is CC(C)c1nnc(CN2CCN(c3cccc(Cl)c3)CC2)o1. The van der Waals surface area contributed by atoms with Crippen LogP contribution in [0.4, 0.5) is 5.69 Å². The molecule has 0 N–H and O–H groups in total. The van der Waals surface area contributed by atoms with Gasteiger partial charge in [0.2, 0.25) is 11.8 Å². The third-order valence-electron chi connectivity index (χ3n) is 3.88. The van der Waals surface area contributed by atoms with Gasteiger partial charge >= 0.3 is 0 Å².